The third-order valence-corrected chi connectivity index (χ3v) is 5.48. The van der Waals surface area contributed by atoms with E-state index in [9.17, 15) is 22.8 Å². The van der Waals surface area contributed by atoms with Crippen molar-refractivity contribution in [3.05, 3.63) is 29.8 Å². The molecule has 2 rings (SSSR count). The molecule has 3 N–H and O–H groups in total. The predicted octanol–water partition coefficient (Wildman–Crippen LogP) is -0.600. The molecule has 1 aromatic carbocycles. The number of carboxylic acid groups (broad SMARTS) is 1. The zero-order valence-corrected chi connectivity index (χ0v) is 14.4. The Morgan fingerprint density at radius 2 is 1.96 bits per heavy atom. The number of carboxylic acids is 1. The standard InChI is InChI=1S/C15H19N3O6S/c1-10(8-14(20)21)17-15(22)11-2-4-12(5-3-11)25(23,24)18-7-6-16-13(19)9-18/h2-5,10H,6-9H2,1H3,(H,16,19)(H,17,22)(H,20,21). The number of amides is 2. The summed E-state index contributed by atoms with van der Waals surface area (Å²) in [5, 5.41) is 13.8. The summed E-state index contributed by atoms with van der Waals surface area (Å²) in [7, 11) is -3.81. The second-order valence-electron chi connectivity index (χ2n) is 5.69. The van der Waals surface area contributed by atoms with E-state index in [-0.39, 0.29) is 42.4 Å². The first-order valence-corrected chi connectivity index (χ1v) is 9.03. The van der Waals surface area contributed by atoms with Crippen molar-refractivity contribution in [2.24, 2.45) is 0 Å². The molecule has 2 amide bonds. The molecule has 1 unspecified atom stereocenters. The van der Waals surface area contributed by atoms with Crippen LogP contribution in [0.4, 0.5) is 0 Å². The minimum atomic E-state index is -3.81. The number of rotatable bonds is 6. The lowest BCUT2D eigenvalue weighted by atomic mass is 10.2. The SMILES string of the molecule is CC(CC(=O)O)NC(=O)c1ccc(S(=O)(=O)N2CCNC(=O)C2)cc1. The van der Waals surface area contributed by atoms with Gasteiger partial charge in [0.15, 0.2) is 0 Å². The summed E-state index contributed by atoms with van der Waals surface area (Å²) in [6.45, 7) is 1.76. The largest absolute Gasteiger partial charge is 0.481 e. The van der Waals surface area contributed by atoms with E-state index >= 15 is 0 Å². The van der Waals surface area contributed by atoms with Gasteiger partial charge >= 0.3 is 5.97 Å². The smallest absolute Gasteiger partial charge is 0.305 e. The molecular formula is C15H19N3O6S. The summed E-state index contributed by atoms with van der Waals surface area (Å²) in [5.41, 5.74) is 0.215. The quantitative estimate of drug-likeness (QED) is 0.613. The highest BCUT2D eigenvalue weighted by molar-refractivity contribution is 7.89. The Hall–Kier alpha value is -2.46. The van der Waals surface area contributed by atoms with Gasteiger partial charge in [0, 0.05) is 24.7 Å². The van der Waals surface area contributed by atoms with Crippen LogP contribution in [0.1, 0.15) is 23.7 Å². The number of nitrogens with zero attached hydrogens (tertiary/aromatic N) is 1. The van der Waals surface area contributed by atoms with E-state index in [1.807, 2.05) is 0 Å². The van der Waals surface area contributed by atoms with Gasteiger partial charge < -0.3 is 15.7 Å². The normalized spacial score (nSPS) is 16.8. The molecule has 10 heteroatoms. The molecule has 0 radical (unpaired) electrons. The molecule has 136 valence electrons. The number of nitrogens with one attached hydrogen (secondary N) is 2. The summed E-state index contributed by atoms with van der Waals surface area (Å²) < 4.78 is 26.1. The maximum atomic E-state index is 12.5. The van der Waals surface area contributed by atoms with E-state index in [0.717, 1.165) is 4.31 Å². The second-order valence-corrected chi connectivity index (χ2v) is 7.62. The van der Waals surface area contributed by atoms with Gasteiger partial charge in [0.25, 0.3) is 5.91 Å². The second kappa shape index (κ2) is 7.62. The molecule has 1 aliphatic rings. The Morgan fingerprint density at radius 1 is 1.32 bits per heavy atom. The monoisotopic (exact) mass is 369 g/mol. The Morgan fingerprint density at radius 3 is 2.52 bits per heavy atom. The number of piperazine rings is 1. The van der Waals surface area contributed by atoms with Gasteiger partial charge in [-0.2, -0.15) is 4.31 Å². The third-order valence-electron chi connectivity index (χ3n) is 3.62. The third kappa shape index (κ3) is 4.77. The molecule has 1 heterocycles. The van der Waals surface area contributed by atoms with Crippen molar-refractivity contribution in [2.75, 3.05) is 19.6 Å². The molecule has 1 aliphatic heterocycles. The summed E-state index contributed by atoms with van der Waals surface area (Å²) in [4.78, 5) is 34.0. The number of carbonyl (C=O) groups excluding carboxylic acids is 2. The Bertz CT molecular complexity index is 775. The number of hydrogen-bond donors (Lipinski definition) is 3. The van der Waals surface area contributed by atoms with Crippen LogP contribution < -0.4 is 10.6 Å². The van der Waals surface area contributed by atoms with Gasteiger partial charge in [0.1, 0.15) is 0 Å². The molecule has 1 saturated heterocycles. The van der Waals surface area contributed by atoms with Crippen LogP contribution in [0.5, 0.6) is 0 Å². The number of sulfonamides is 1. The molecule has 0 aromatic heterocycles. The number of hydrogen-bond acceptors (Lipinski definition) is 5. The summed E-state index contributed by atoms with van der Waals surface area (Å²) in [5.74, 6) is -1.88. The topological polar surface area (TPSA) is 133 Å². The molecule has 25 heavy (non-hydrogen) atoms. The van der Waals surface area contributed by atoms with Crippen LogP contribution in [-0.2, 0) is 19.6 Å². The number of benzene rings is 1. The van der Waals surface area contributed by atoms with Crippen LogP contribution in [0.15, 0.2) is 29.2 Å². The molecular weight excluding hydrogens is 350 g/mol. The van der Waals surface area contributed by atoms with Crippen molar-refractivity contribution in [1.82, 2.24) is 14.9 Å². The van der Waals surface area contributed by atoms with E-state index in [0.29, 0.717) is 0 Å². The van der Waals surface area contributed by atoms with Gasteiger partial charge in [-0.25, -0.2) is 8.42 Å². The first kappa shape index (κ1) is 18.9. The van der Waals surface area contributed by atoms with Crippen LogP contribution in [-0.4, -0.2) is 61.3 Å². The van der Waals surface area contributed by atoms with Crippen molar-refractivity contribution in [3.63, 3.8) is 0 Å². The van der Waals surface area contributed by atoms with Gasteiger partial charge in [0.2, 0.25) is 15.9 Å². The van der Waals surface area contributed by atoms with Crippen molar-refractivity contribution in [3.8, 4) is 0 Å². The molecule has 9 nitrogen and oxygen atoms in total. The van der Waals surface area contributed by atoms with Gasteiger partial charge in [-0.05, 0) is 31.2 Å². The van der Waals surface area contributed by atoms with Gasteiger partial charge in [-0.15, -0.1) is 0 Å². The van der Waals surface area contributed by atoms with E-state index in [1.165, 1.54) is 24.3 Å². The molecule has 0 saturated carbocycles. The lowest BCUT2D eigenvalue weighted by Crippen LogP contribution is -2.49. The highest BCUT2D eigenvalue weighted by Crippen LogP contribution is 2.17. The van der Waals surface area contributed by atoms with Crippen LogP contribution >= 0.6 is 0 Å². The molecule has 1 atom stereocenters. The number of carbonyl (C=O) groups is 3. The van der Waals surface area contributed by atoms with Crippen molar-refractivity contribution in [2.45, 2.75) is 24.3 Å². The fourth-order valence-corrected chi connectivity index (χ4v) is 3.76. The van der Waals surface area contributed by atoms with E-state index in [4.69, 9.17) is 5.11 Å². The van der Waals surface area contributed by atoms with Crippen LogP contribution in [0, 0.1) is 0 Å². The summed E-state index contributed by atoms with van der Waals surface area (Å²) in [6.07, 6.45) is -0.213. The van der Waals surface area contributed by atoms with Crippen molar-refractivity contribution >= 4 is 27.8 Å². The highest BCUT2D eigenvalue weighted by Gasteiger charge is 2.29. The van der Waals surface area contributed by atoms with Gasteiger partial charge in [-0.3, -0.25) is 14.4 Å². The summed E-state index contributed by atoms with van der Waals surface area (Å²) in [6, 6.07) is 4.72. The number of aliphatic carboxylic acids is 1. The average Bonchev–Trinajstić information content (AvgIpc) is 2.54. The lowest BCUT2D eigenvalue weighted by molar-refractivity contribution is -0.137. The fraction of sp³-hybridized carbons (Fsp3) is 0.400. The Labute approximate surface area is 145 Å². The van der Waals surface area contributed by atoms with Crippen LogP contribution in [0.3, 0.4) is 0 Å². The zero-order valence-electron chi connectivity index (χ0n) is 13.6. The van der Waals surface area contributed by atoms with Gasteiger partial charge in [0.05, 0.1) is 17.9 Å². The van der Waals surface area contributed by atoms with E-state index in [2.05, 4.69) is 10.6 Å². The molecule has 0 spiro atoms. The van der Waals surface area contributed by atoms with Crippen LogP contribution in [0.2, 0.25) is 0 Å². The molecule has 0 aliphatic carbocycles. The fourth-order valence-electron chi connectivity index (χ4n) is 2.37. The Balaban J connectivity index is 2.09. The highest BCUT2D eigenvalue weighted by atomic mass is 32.2. The van der Waals surface area contributed by atoms with E-state index in [1.54, 1.807) is 6.92 Å². The maximum Gasteiger partial charge on any atom is 0.305 e. The first-order valence-electron chi connectivity index (χ1n) is 7.59. The van der Waals surface area contributed by atoms with Crippen molar-refractivity contribution in [1.29, 1.82) is 0 Å². The minimum absolute atomic E-state index is 0.0164. The van der Waals surface area contributed by atoms with Crippen molar-refractivity contribution < 1.29 is 27.9 Å². The predicted molar refractivity (Wildman–Crippen MR) is 87.4 cm³/mol. The maximum absolute atomic E-state index is 12.5. The van der Waals surface area contributed by atoms with Gasteiger partial charge in [-0.1, -0.05) is 0 Å². The Kier molecular flexibility index (Phi) is 5.75. The molecule has 1 fully saturated rings. The zero-order chi connectivity index (χ0) is 18.6. The van der Waals surface area contributed by atoms with E-state index < -0.39 is 27.9 Å². The lowest BCUT2D eigenvalue weighted by Gasteiger charge is -2.25. The summed E-state index contributed by atoms with van der Waals surface area (Å²) >= 11 is 0. The average molecular weight is 369 g/mol. The van der Waals surface area contributed by atoms with Crippen LogP contribution in [0.25, 0.3) is 0 Å². The minimum Gasteiger partial charge on any atom is -0.481 e. The molecule has 1 aromatic rings. The first-order chi connectivity index (χ1) is 11.7. The molecule has 0 bridgehead atoms.